The first-order valence-corrected chi connectivity index (χ1v) is 3.60. The Morgan fingerprint density at radius 1 is 1.70 bits per heavy atom. The Labute approximate surface area is 61.2 Å². The van der Waals surface area contributed by atoms with Crippen LogP contribution in [-0.4, -0.2) is 12.0 Å². The van der Waals surface area contributed by atoms with Gasteiger partial charge < -0.3 is 15.6 Å². The molecule has 0 radical (unpaired) electrons. The molecule has 3 nitrogen and oxygen atoms in total. The van der Waals surface area contributed by atoms with E-state index in [1.54, 1.807) is 0 Å². The number of rotatable bonds is 4. The van der Waals surface area contributed by atoms with Gasteiger partial charge in [-0.05, 0) is 6.42 Å². The van der Waals surface area contributed by atoms with Crippen LogP contribution in [0.2, 0.25) is 0 Å². The van der Waals surface area contributed by atoms with Crippen molar-refractivity contribution in [3.05, 3.63) is 0 Å². The second-order valence-electron chi connectivity index (χ2n) is 2.72. The first-order chi connectivity index (χ1) is 4.57. The molecule has 0 aromatic carbocycles. The van der Waals surface area contributed by atoms with Gasteiger partial charge in [0.05, 0.1) is 6.04 Å². The highest BCUT2D eigenvalue weighted by molar-refractivity contribution is 5.64. The van der Waals surface area contributed by atoms with Crippen molar-refractivity contribution in [2.24, 2.45) is 5.92 Å². The van der Waals surface area contributed by atoms with Crippen molar-refractivity contribution >= 4 is 5.97 Å². The van der Waals surface area contributed by atoms with Gasteiger partial charge in [0.25, 0.3) is 0 Å². The van der Waals surface area contributed by atoms with Crippen LogP contribution in [0.3, 0.4) is 0 Å². The van der Waals surface area contributed by atoms with Crippen molar-refractivity contribution in [3.8, 4) is 0 Å². The summed E-state index contributed by atoms with van der Waals surface area (Å²) in [4.78, 5) is 10.1. The highest BCUT2D eigenvalue weighted by Gasteiger charge is 2.13. The minimum absolute atomic E-state index is 0.00463. The number of aliphatic carboxylic acids is 1. The molecule has 10 heavy (non-hydrogen) atoms. The second kappa shape index (κ2) is 4.28. The Hall–Kier alpha value is -0.570. The third kappa shape index (κ3) is 3.45. The first kappa shape index (κ1) is 9.43. The van der Waals surface area contributed by atoms with E-state index in [1.165, 1.54) is 0 Å². The molecule has 0 aromatic rings. The van der Waals surface area contributed by atoms with Gasteiger partial charge in [-0.2, -0.15) is 0 Å². The number of carbonyl (C=O) groups is 1. The van der Waals surface area contributed by atoms with Crippen molar-refractivity contribution in [3.63, 3.8) is 0 Å². The zero-order chi connectivity index (χ0) is 8.15. The third-order valence-corrected chi connectivity index (χ3v) is 1.88. The fourth-order valence-electron chi connectivity index (χ4n) is 0.749. The molecule has 0 aliphatic heterocycles. The molecular weight excluding hydrogens is 130 g/mol. The van der Waals surface area contributed by atoms with Gasteiger partial charge in [-0.25, -0.2) is 0 Å². The van der Waals surface area contributed by atoms with Gasteiger partial charge in [0.1, 0.15) is 0 Å². The minimum Gasteiger partial charge on any atom is -0.550 e. The Morgan fingerprint density at radius 2 is 2.20 bits per heavy atom. The quantitative estimate of drug-likeness (QED) is 0.539. The summed E-state index contributed by atoms with van der Waals surface area (Å²) < 4.78 is 0. The molecule has 0 aromatic heterocycles. The molecule has 2 atom stereocenters. The summed E-state index contributed by atoms with van der Waals surface area (Å²) in [7, 11) is 0. The van der Waals surface area contributed by atoms with E-state index in [9.17, 15) is 9.90 Å². The first-order valence-electron chi connectivity index (χ1n) is 3.60. The fourth-order valence-corrected chi connectivity index (χ4v) is 0.749. The number of quaternary nitrogens is 1. The van der Waals surface area contributed by atoms with E-state index < -0.39 is 5.97 Å². The molecule has 0 saturated heterocycles. The van der Waals surface area contributed by atoms with E-state index in [1.807, 2.05) is 13.8 Å². The van der Waals surface area contributed by atoms with E-state index in [2.05, 4.69) is 5.73 Å². The zero-order valence-electron chi connectivity index (χ0n) is 6.59. The summed E-state index contributed by atoms with van der Waals surface area (Å²) in [5.74, 6) is -0.627. The van der Waals surface area contributed by atoms with Crippen LogP contribution in [0.5, 0.6) is 0 Å². The Balaban J connectivity index is 3.61. The van der Waals surface area contributed by atoms with Crippen LogP contribution in [0, 0.1) is 5.92 Å². The third-order valence-electron chi connectivity index (χ3n) is 1.88. The lowest BCUT2D eigenvalue weighted by atomic mass is 9.98. The van der Waals surface area contributed by atoms with E-state index in [0.29, 0.717) is 5.92 Å². The molecule has 0 aliphatic rings. The number of carboxylic acid groups (broad SMARTS) is 1. The molecule has 0 bridgehead atoms. The summed E-state index contributed by atoms with van der Waals surface area (Å²) in [6.07, 6.45) is 1.05. The fraction of sp³-hybridized carbons (Fsp3) is 0.857. The van der Waals surface area contributed by atoms with Crippen LogP contribution in [0.4, 0.5) is 0 Å². The monoisotopic (exact) mass is 145 g/mol. The van der Waals surface area contributed by atoms with Gasteiger partial charge in [0, 0.05) is 18.3 Å². The maximum atomic E-state index is 10.1. The van der Waals surface area contributed by atoms with Crippen LogP contribution < -0.4 is 10.8 Å². The van der Waals surface area contributed by atoms with Gasteiger partial charge in [-0.15, -0.1) is 0 Å². The molecule has 3 heteroatoms. The number of hydrogen-bond acceptors (Lipinski definition) is 2. The average molecular weight is 145 g/mol. The molecule has 0 heterocycles. The lowest BCUT2D eigenvalue weighted by molar-refractivity contribution is -0.436. The van der Waals surface area contributed by atoms with Gasteiger partial charge in [0.2, 0.25) is 0 Å². The maximum Gasteiger partial charge on any atom is 0.0922 e. The van der Waals surface area contributed by atoms with E-state index in [0.717, 1.165) is 6.42 Å². The molecule has 60 valence electrons. The van der Waals surface area contributed by atoms with E-state index >= 15 is 0 Å². The van der Waals surface area contributed by atoms with Gasteiger partial charge in [-0.3, -0.25) is 0 Å². The summed E-state index contributed by atoms with van der Waals surface area (Å²) in [5, 5.41) is 10.1. The van der Waals surface area contributed by atoms with Crippen molar-refractivity contribution in [2.75, 3.05) is 0 Å². The molecule has 0 unspecified atom stereocenters. The average Bonchev–Trinajstić information content (AvgIpc) is 1.85. The molecule has 0 amide bonds. The molecule has 0 fully saturated rings. The summed E-state index contributed by atoms with van der Waals surface area (Å²) >= 11 is 0. The van der Waals surface area contributed by atoms with Gasteiger partial charge >= 0.3 is 0 Å². The van der Waals surface area contributed by atoms with Crippen LogP contribution in [-0.2, 0) is 4.79 Å². The Kier molecular flexibility index (Phi) is 4.03. The van der Waals surface area contributed by atoms with Crippen molar-refractivity contribution in [2.45, 2.75) is 32.7 Å². The SMILES string of the molecule is CC[C@@H](C)[C@H]([NH3+])CC(=O)[O-]. The van der Waals surface area contributed by atoms with Crippen molar-refractivity contribution in [1.82, 2.24) is 0 Å². The Morgan fingerprint density at radius 3 is 2.50 bits per heavy atom. The molecule has 3 N–H and O–H groups in total. The highest BCUT2D eigenvalue weighted by atomic mass is 16.4. The van der Waals surface area contributed by atoms with Crippen LogP contribution in [0.15, 0.2) is 0 Å². The summed E-state index contributed by atoms with van der Waals surface area (Å²) in [5.41, 5.74) is 3.73. The molecule has 0 rings (SSSR count). The number of carbonyl (C=O) groups excluding carboxylic acids is 1. The van der Waals surface area contributed by atoms with Gasteiger partial charge in [0.15, 0.2) is 0 Å². The van der Waals surface area contributed by atoms with Crippen LogP contribution in [0.1, 0.15) is 26.7 Å². The normalized spacial score (nSPS) is 16.3. The number of carboxylic acids is 1. The molecule has 0 saturated carbocycles. The van der Waals surface area contributed by atoms with E-state index in [-0.39, 0.29) is 12.5 Å². The maximum absolute atomic E-state index is 10.1. The zero-order valence-corrected chi connectivity index (χ0v) is 6.59. The molecular formula is C7H15NO2. The Bertz CT molecular complexity index is 114. The molecule has 0 spiro atoms. The lowest BCUT2D eigenvalue weighted by Crippen LogP contribution is -2.65. The molecule has 0 aliphatic carbocycles. The van der Waals surface area contributed by atoms with Gasteiger partial charge in [-0.1, -0.05) is 13.8 Å². The van der Waals surface area contributed by atoms with Crippen molar-refractivity contribution < 1.29 is 15.6 Å². The van der Waals surface area contributed by atoms with Crippen molar-refractivity contribution in [1.29, 1.82) is 0 Å². The minimum atomic E-state index is -1.000. The summed E-state index contributed by atoms with van der Waals surface area (Å²) in [6, 6.07) is -0.00463. The second-order valence-corrected chi connectivity index (χ2v) is 2.72. The number of hydrogen-bond donors (Lipinski definition) is 1. The summed E-state index contributed by atoms with van der Waals surface area (Å²) in [6.45, 7) is 4.03. The standard InChI is InChI=1S/C7H15NO2/c1-3-5(2)6(8)4-7(9)10/h5-6H,3-4,8H2,1-2H3,(H,9,10)/t5-,6-/m1/s1. The largest absolute Gasteiger partial charge is 0.550 e. The van der Waals surface area contributed by atoms with E-state index in [4.69, 9.17) is 0 Å². The van der Waals surface area contributed by atoms with Crippen LogP contribution >= 0.6 is 0 Å². The topological polar surface area (TPSA) is 67.8 Å². The predicted octanol–water partition coefficient (Wildman–Crippen LogP) is -1.22. The predicted molar refractivity (Wildman–Crippen MR) is 35.8 cm³/mol. The smallest absolute Gasteiger partial charge is 0.0922 e. The highest BCUT2D eigenvalue weighted by Crippen LogP contribution is 2.05. The van der Waals surface area contributed by atoms with Crippen LogP contribution in [0.25, 0.3) is 0 Å². The lowest BCUT2D eigenvalue weighted by Gasteiger charge is -2.14.